The summed E-state index contributed by atoms with van der Waals surface area (Å²) in [5.74, 6) is -1.78. The maximum absolute atomic E-state index is 12.5. The molecular weight excluding hydrogens is 394 g/mol. The van der Waals surface area contributed by atoms with Crippen LogP contribution < -0.4 is 10.1 Å². The Morgan fingerprint density at radius 3 is 2.50 bits per heavy atom. The highest BCUT2D eigenvalue weighted by atomic mass is 32.2. The Balaban J connectivity index is 1.62. The zero-order chi connectivity index (χ0) is 20.3. The standard InChI is InChI=1S/C18H16F2N2O5S/c19-18(20)27-14-7-5-12(6-8-14)9-21-16(23)10-22-17(24)15-4-2-1-3-13(15)11-28(22,25)26/h1-8,18H,9-11H2,(H,21,23). The second kappa shape index (κ2) is 7.93. The summed E-state index contributed by atoms with van der Waals surface area (Å²) in [5, 5.41) is 2.50. The molecule has 2 amide bonds. The molecule has 1 heterocycles. The molecule has 0 spiro atoms. The highest BCUT2D eigenvalue weighted by Crippen LogP contribution is 2.24. The van der Waals surface area contributed by atoms with Crippen LogP contribution in [-0.2, 0) is 27.1 Å². The van der Waals surface area contributed by atoms with Gasteiger partial charge in [-0.05, 0) is 29.3 Å². The molecule has 2 aromatic carbocycles. The molecule has 0 atom stereocenters. The van der Waals surface area contributed by atoms with Crippen LogP contribution in [-0.4, -0.2) is 37.7 Å². The van der Waals surface area contributed by atoms with Gasteiger partial charge in [0, 0.05) is 12.1 Å². The Kier molecular flexibility index (Phi) is 5.59. The molecule has 0 fully saturated rings. The summed E-state index contributed by atoms with van der Waals surface area (Å²) < 4.78 is 53.7. The minimum absolute atomic E-state index is 0.0197. The van der Waals surface area contributed by atoms with Crippen molar-refractivity contribution >= 4 is 21.8 Å². The second-order valence-corrected chi connectivity index (χ2v) is 7.92. The molecule has 2 aromatic rings. The predicted octanol–water partition coefficient (Wildman–Crippen LogP) is 1.89. The summed E-state index contributed by atoms with van der Waals surface area (Å²) >= 11 is 0. The number of hydrogen-bond acceptors (Lipinski definition) is 5. The summed E-state index contributed by atoms with van der Waals surface area (Å²) in [6, 6.07) is 11.9. The van der Waals surface area contributed by atoms with Crippen molar-refractivity contribution in [2.24, 2.45) is 0 Å². The highest BCUT2D eigenvalue weighted by Gasteiger charge is 2.36. The average molecular weight is 410 g/mol. The molecule has 1 N–H and O–H groups in total. The van der Waals surface area contributed by atoms with Crippen LogP contribution in [0.3, 0.4) is 0 Å². The van der Waals surface area contributed by atoms with Crippen LogP contribution >= 0.6 is 0 Å². The zero-order valence-electron chi connectivity index (χ0n) is 14.5. The van der Waals surface area contributed by atoms with E-state index in [1.54, 1.807) is 18.2 Å². The van der Waals surface area contributed by atoms with Gasteiger partial charge in [0.1, 0.15) is 12.3 Å². The smallest absolute Gasteiger partial charge is 0.387 e. The minimum Gasteiger partial charge on any atom is -0.435 e. The minimum atomic E-state index is -3.95. The summed E-state index contributed by atoms with van der Waals surface area (Å²) in [5.41, 5.74) is 1.24. The fourth-order valence-corrected chi connectivity index (χ4v) is 4.20. The Bertz CT molecular complexity index is 993. The Hall–Kier alpha value is -3.01. The van der Waals surface area contributed by atoms with Crippen LogP contribution in [0, 0.1) is 0 Å². The van der Waals surface area contributed by atoms with Gasteiger partial charge in [0.2, 0.25) is 15.9 Å². The van der Waals surface area contributed by atoms with E-state index < -0.39 is 35.0 Å². The first kappa shape index (κ1) is 19.7. The van der Waals surface area contributed by atoms with Gasteiger partial charge in [-0.15, -0.1) is 0 Å². The van der Waals surface area contributed by atoms with Gasteiger partial charge in [0.25, 0.3) is 5.91 Å². The Morgan fingerprint density at radius 1 is 1.14 bits per heavy atom. The lowest BCUT2D eigenvalue weighted by atomic mass is 10.1. The van der Waals surface area contributed by atoms with Gasteiger partial charge in [0.15, 0.2) is 0 Å². The lowest BCUT2D eigenvalue weighted by Crippen LogP contribution is -2.47. The molecule has 10 heteroatoms. The molecule has 0 radical (unpaired) electrons. The number of carbonyl (C=O) groups excluding carboxylic acids is 2. The zero-order valence-corrected chi connectivity index (χ0v) is 15.3. The van der Waals surface area contributed by atoms with Gasteiger partial charge in [0.05, 0.1) is 5.75 Å². The van der Waals surface area contributed by atoms with E-state index in [0.717, 1.165) is 0 Å². The van der Waals surface area contributed by atoms with Crippen LogP contribution in [0.15, 0.2) is 48.5 Å². The van der Waals surface area contributed by atoms with Gasteiger partial charge in [-0.3, -0.25) is 9.59 Å². The van der Waals surface area contributed by atoms with Crippen LogP contribution in [0.4, 0.5) is 8.78 Å². The van der Waals surface area contributed by atoms with Gasteiger partial charge >= 0.3 is 6.61 Å². The average Bonchev–Trinajstić information content (AvgIpc) is 2.64. The molecule has 7 nitrogen and oxygen atoms in total. The molecule has 1 aliphatic heterocycles. The number of ether oxygens (including phenoxy) is 1. The van der Waals surface area contributed by atoms with E-state index in [9.17, 15) is 26.8 Å². The van der Waals surface area contributed by atoms with E-state index in [-0.39, 0.29) is 23.6 Å². The first-order valence-corrected chi connectivity index (χ1v) is 9.80. The monoisotopic (exact) mass is 410 g/mol. The fourth-order valence-electron chi connectivity index (χ4n) is 2.74. The lowest BCUT2D eigenvalue weighted by molar-refractivity contribution is -0.121. The van der Waals surface area contributed by atoms with E-state index >= 15 is 0 Å². The Morgan fingerprint density at radius 2 is 1.82 bits per heavy atom. The molecule has 148 valence electrons. The molecule has 0 saturated heterocycles. The van der Waals surface area contributed by atoms with Gasteiger partial charge in [-0.2, -0.15) is 8.78 Å². The summed E-state index contributed by atoms with van der Waals surface area (Å²) in [6.45, 7) is -3.53. The largest absolute Gasteiger partial charge is 0.435 e. The van der Waals surface area contributed by atoms with Gasteiger partial charge in [-0.25, -0.2) is 12.7 Å². The number of amides is 2. The SMILES string of the molecule is O=C(CN1C(=O)c2ccccc2CS1(=O)=O)NCc1ccc(OC(F)F)cc1. The third-order valence-corrected chi connectivity index (χ3v) is 5.72. The fraction of sp³-hybridized carbons (Fsp3) is 0.222. The number of sulfonamides is 1. The van der Waals surface area contributed by atoms with E-state index in [2.05, 4.69) is 10.1 Å². The number of rotatable bonds is 6. The quantitative estimate of drug-likeness (QED) is 0.785. The van der Waals surface area contributed by atoms with Crippen LogP contribution in [0.5, 0.6) is 5.75 Å². The first-order valence-electron chi connectivity index (χ1n) is 8.19. The van der Waals surface area contributed by atoms with Crippen molar-refractivity contribution in [3.05, 3.63) is 65.2 Å². The topological polar surface area (TPSA) is 92.8 Å². The van der Waals surface area contributed by atoms with Crippen molar-refractivity contribution in [1.29, 1.82) is 0 Å². The normalized spacial score (nSPS) is 15.2. The summed E-state index contributed by atoms with van der Waals surface area (Å²) in [6.07, 6.45) is 0. The lowest BCUT2D eigenvalue weighted by Gasteiger charge is -2.27. The second-order valence-electron chi connectivity index (χ2n) is 6.02. The number of nitrogens with one attached hydrogen (secondary N) is 1. The van der Waals surface area contributed by atoms with Crippen LogP contribution in [0.2, 0.25) is 0 Å². The van der Waals surface area contributed by atoms with Crippen molar-refractivity contribution in [2.45, 2.75) is 18.9 Å². The van der Waals surface area contributed by atoms with Crippen LogP contribution in [0.1, 0.15) is 21.5 Å². The number of fused-ring (bicyclic) bond motifs is 1. The third-order valence-electron chi connectivity index (χ3n) is 4.07. The third kappa shape index (κ3) is 4.45. The van der Waals surface area contributed by atoms with Crippen molar-refractivity contribution in [1.82, 2.24) is 9.62 Å². The number of alkyl halides is 2. The number of benzene rings is 2. The van der Waals surface area contributed by atoms with Crippen molar-refractivity contribution in [2.75, 3.05) is 6.54 Å². The summed E-state index contributed by atoms with van der Waals surface area (Å²) in [4.78, 5) is 24.6. The highest BCUT2D eigenvalue weighted by molar-refractivity contribution is 7.89. The molecule has 0 bridgehead atoms. The van der Waals surface area contributed by atoms with Crippen LogP contribution in [0.25, 0.3) is 0 Å². The first-order chi connectivity index (χ1) is 13.3. The summed E-state index contributed by atoms with van der Waals surface area (Å²) in [7, 11) is -3.95. The molecular formula is C18H16F2N2O5S. The molecule has 0 aliphatic carbocycles. The van der Waals surface area contributed by atoms with E-state index in [1.807, 2.05) is 0 Å². The van der Waals surface area contributed by atoms with E-state index in [1.165, 1.54) is 30.3 Å². The maximum Gasteiger partial charge on any atom is 0.387 e. The van der Waals surface area contributed by atoms with Crippen molar-refractivity contribution in [3.8, 4) is 5.75 Å². The molecule has 28 heavy (non-hydrogen) atoms. The number of nitrogens with zero attached hydrogens (tertiary/aromatic N) is 1. The van der Waals surface area contributed by atoms with Gasteiger partial charge < -0.3 is 10.1 Å². The van der Waals surface area contributed by atoms with Gasteiger partial charge in [-0.1, -0.05) is 30.3 Å². The van der Waals surface area contributed by atoms with Crippen molar-refractivity contribution < 1.29 is 31.5 Å². The molecule has 0 aromatic heterocycles. The molecule has 3 rings (SSSR count). The predicted molar refractivity (Wildman–Crippen MR) is 95.0 cm³/mol. The van der Waals surface area contributed by atoms with Crippen molar-refractivity contribution in [3.63, 3.8) is 0 Å². The Labute approximate surface area is 160 Å². The number of halogens is 2. The maximum atomic E-state index is 12.5. The molecule has 0 saturated carbocycles. The van der Waals surface area contributed by atoms with E-state index in [4.69, 9.17) is 0 Å². The molecule has 1 aliphatic rings. The number of hydrogen-bond donors (Lipinski definition) is 1. The number of carbonyl (C=O) groups is 2. The molecule has 0 unspecified atom stereocenters. The van der Waals surface area contributed by atoms with E-state index in [0.29, 0.717) is 15.4 Å².